The van der Waals surface area contributed by atoms with Gasteiger partial charge in [-0.15, -0.1) is 12.4 Å². The molecule has 0 aliphatic heterocycles. The number of carbonyl (C=O) groups excluding carboxylic acids is 1. The molecule has 0 aromatic rings. The fourth-order valence-corrected chi connectivity index (χ4v) is 2.10. The summed E-state index contributed by atoms with van der Waals surface area (Å²) >= 11 is 0. The van der Waals surface area contributed by atoms with Crippen molar-refractivity contribution in [2.75, 3.05) is 6.54 Å². The highest BCUT2D eigenvalue weighted by atomic mass is 35.5. The van der Waals surface area contributed by atoms with Gasteiger partial charge in [0.05, 0.1) is 5.41 Å². The van der Waals surface area contributed by atoms with E-state index in [1.165, 1.54) is 0 Å². The Morgan fingerprint density at radius 2 is 1.81 bits per heavy atom. The molecule has 16 heavy (non-hydrogen) atoms. The molecule has 1 aliphatic rings. The van der Waals surface area contributed by atoms with Crippen LogP contribution in [0.2, 0.25) is 0 Å². The zero-order valence-corrected chi connectivity index (χ0v) is 11.4. The largest absolute Gasteiger partial charge is 0.353 e. The predicted octanol–water partition coefficient (Wildman–Crippen LogP) is 2.09. The molecule has 1 unspecified atom stereocenters. The molecule has 1 atom stereocenters. The summed E-state index contributed by atoms with van der Waals surface area (Å²) in [4.78, 5) is 12.1. The smallest absolute Gasteiger partial charge is 0.227 e. The maximum atomic E-state index is 12.1. The van der Waals surface area contributed by atoms with Crippen molar-refractivity contribution >= 4 is 18.3 Å². The molecule has 0 saturated heterocycles. The zero-order valence-electron chi connectivity index (χ0n) is 10.6. The number of carbonyl (C=O) groups is 1. The summed E-state index contributed by atoms with van der Waals surface area (Å²) < 4.78 is 0. The molecule has 0 spiro atoms. The average molecular weight is 249 g/mol. The van der Waals surface area contributed by atoms with Crippen LogP contribution in [0.4, 0.5) is 0 Å². The summed E-state index contributed by atoms with van der Waals surface area (Å²) in [5.41, 5.74) is 5.50. The normalized spacial score (nSPS) is 20.3. The second-order valence-corrected chi connectivity index (χ2v) is 5.20. The van der Waals surface area contributed by atoms with Gasteiger partial charge >= 0.3 is 0 Å². The van der Waals surface area contributed by atoms with E-state index in [9.17, 15) is 4.79 Å². The minimum atomic E-state index is -0.261. The molecule has 1 rings (SSSR count). The number of hydrogen-bond donors (Lipinski definition) is 2. The number of hydrogen-bond acceptors (Lipinski definition) is 2. The van der Waals surface area contributed by atoms with Gasteiger partial charge in [-0.05, 0) is 25.7 Å². The van der Waals surface area contributed by atoms with Crippen LogP contribution < -0.4 is 11.1 Å². The summed E-state index contributed by atoms with van der Waals surface area (Å²) in [6.07, 6.45) is 4.20. The average Bonchev–Trinajstić information content (AvgIpc) is 2.66. The second kappa shape index (κ2) is 6.45. The maximum absolute atomic E-state index is 12.1. The van der Waals surface area contributed by atoms with Crippen molar-refractivity contribution in [3.05, 3.63) is 0 Å². The van der Waals surface area contributed by atoms with Crippen LogP contribution in [0.1, 0.15) is 46.5 Å². The third-order valence-corrected chi connectivity index (χ3v) is 3.79. The molecule has 1 saturated carbocycles. The van der Waals surface area contributed by atoms with Gasteiger partial charge < -0.3 is 11.1 Å². The van der Waals surface area contributed by atoms with Gasteiger partial charge in [-0.2, -0.15) is 0 Å². The first-order valence-corrected chi connectivity index (χ1v) is 6.03. The molecule has 1 amide bonds. The van der Waals surface area contributed by atoms with E-state index < -0.39 is 0 Å². The van der Waals surface area contributed by atoms with E-state index in [4.69, 9.17) is 5.73 Å². The highest BCUT2D eigenvalue weighted by Crippen LogP contribution is 2.37. The molecule has 0 aromatic carbocycles. The van der Waals surface area contributed by atoms with Crippen molar-refractivity contribution in [1.29, 1.82) is 0 Å². The molecule has 3 N–H and O–H groups in total. The van der Waals surface area contributed by atoms with E-state index in [1.807, 2.05) is 0 Å². The molecule has 0 aromatic heterocycles. The number of halogens is 1. The van der Waals surface area contributed by atoms with Crippen LogP contribution in [0, 0.1) is 11.3 Å². The molecule has 0 radical (unpaired) electrons. The van der Waals surface area contributed by atoms with E-state index in [0.717, 1.165) is 25.7 Å². The number of rotatable bonds is 4. The standard InChI is InChI=1S/C12H24N2O.ClH/c1-9(2)10(3)14-11(15)12(8-13)6-4-5-7-12;/h9-10H,4-8,13H2,1-3H3,(H,14,15);1H. The number of nitrogens with two attached hydrogens (primary N) is 1. The zero-order chi connectivity index (χ0) is 11.5. The van der Waals surface area contributed by atoms with Crippen LogP contribution >= 0.6 is 12.4 Å². The fourth-order valence-electron chi connectivity index (χ4n) is 2.10. The summed E-state index contributed by atoms with van der Waals surface area (Å²) in [6.45, 7) is 6.79. The maximum Gasteiger partial charge on any atom is 0.227 e. The van der Waals surface area contributed by atoms with Crippen molar-refractivity contribution in [3.8, 4) is 0 Å². The lowest BCUT2D eigenvalue weighted by Crippen LogP contribution is -2.48. The Morgan fingerprint density at radius 1 is 1.31 bits per heavy atom. The number of amides is 1. The van der Waals surface area contributed by atoms with Gasteiger partial charge in [0, 0.05) is 12.6 Å². The molecule has 96 valence electrons. The summed E-state index contributed by atoms with van der Waals surface area (Å²) in [7, 11) is 0. The summed E-state index contributed by atoms with van der Waals surface area (Å²) in [5, 5.41) is 3.09. The number of nitrogens with one attached hydrogen (secondary N) is 1. The van der Waals surface area contributed by atoms with Gasteiger partial charge in [0.2, 0.25) is 5.91 Å². The SMILES string of the molecule is CC(C)C(C)NC(=O)C1(CN)CCCC1.Cl. The van der Waals surface area contributed by atoms with Gasteiger partial charge in [-0.3, -0.25) is 4.79 Å². The first-order chi connectivity index (χ1) is 7.02. The van der Waals surface area contributed by atoms with Crippen LogP contribution in [-0.2, 0) is 4.79 Å². The fraction of sp³-hybridized carbons (Fsp3) is 0.917. The Labute approximate surface area is 105 Å². The monoisotopic (exact) mass is 248 g/mol. The van der Waals surface area contributed by atoms with Gasteiger partial charge in [0.1, 0.15) is 0 Å². The highest BCUT2D eigenvalue weighted by Gasteiger charge is 2.40. The first-order valence-electron chi connectivity index (χ1n) is 6.03. The van der Waals surface area contributed by atoms with E-state index in [1.54, 1.807) is 0 Å². The van der Waals surface area contributed by atoms with Crippen LogP contribution in [0.3, 0.4) is 0 Å². The van der Waals surface area contributed by atoms with Gasteiger partial charge in [0.15, 0.2) is 0 Å². The van der Waals surface area contributed by atoms with E-state index in [-0.39, 0.29) is 29.8 Å². The lowest BCUT2D eigenvalue weighted by molar-refractivity contribution is -0.131. The molecule has 1 aliphatic carbocycles. The Morgan fingerprint density at radius 3 is 2.19 bits per heavy atom. The Balaban J connectivity index is 0.00000225. The van der Waals surface area contributed by atoms with Gasteiger partial charge in [-0.1, -0.05) is 26.7 Å². The van der Waals surface area contributed by atoms with E-state index in [2.05, 4.69) is 26.1 Å². The van der Waals surface area contributed by atoms with Crippen molar-refractivity contribution in [3.63, 3.8) is 0 Å². The molecular weight excluding hydrogens is 224 g/mol. The molecule has 0 bridgehead atoms. The second-order valence-electron chi connectivity index (χ2n) is 5.20. The van der Waals surface area contributed by atoms with E-state index in [0.29, 0.717) is 12.5 Å². The van der Waals surface area contributed by atoms with Gasteiger partial charge in [0.25, 0.3) is 0 Å². The van der Waals surface area contributed by atoms with E-state index >= 15 is 0 Å². The van der Waals surface area contributed by atoms with Crippen molar-refractivity contribution < 1.29 is 4.79 Å². The van der Waals surface area contributed by atoms with Crippen molar-refractivity contribution in [1.82, 2.24) is 5.32 Å². The summed E-state index contributed by atoms with van der Waals surface area (Å²) in [5.74, 6) is 0.647. The van der Waals surface area contributed by atoms with Gasteiger partial charge in [-0.25, -0.2) is 0 Å². The third kappa shape index (κ3) is 3.36. The summed E-state index contributed by atoms with van der Waals surface area (Å²) in [6, 6.07) is 0.238. The Kier molecular flexibility index (Phi) is 6.34. The lowest BCUT2D eigenvalue weighted by Gasteiger charge is -2.29. The Hall–Kier alpha value is -0.280. The molecule has 3 nitrogen and oxygen atoms in total. The first kappa shape index (κ1) is 15.7. The van der Waals surface area contributed by atoms with Crippen LogP contribution in [0.5, 0.6) is 0 Å². The third-order valence-electron chi connectivity index (χ3n) is 3.79. The molecular formula is C12H25ClN2O. The minimum absolute atomic E-state index is 0. The quantitative estimate of drug-likeness (QED) is 0.801. The van der Waals surface area contributed by atoms with Crippen molar-refractivity contribution in [2.45, 2.75) is 52.5 Å². The van der Waals surface area contributed by atoms with Crippen LogP contribution in [0.25, 0.3) is 0 Å². The molecule has 4 heteroatoms. The highest BCUT2D eigenvalue weighted by molar-refractivity contribution is 5.85. The molecule has 1 fully saturated rings. The van der Waals surface area contributed by atoms with Crippen LogP contribution in [0.15, 0.2) is 0 Å². The minimum Gasteiger partial charge on any atom is -0.353 e. The van der Waals surface area contributed by atoms with Crippen LogP contribution in [-0.4, -0.2) is 18.5 Å². The topological polar surface area (TPSA) is 55.1 Å². The molecule has 0 heterocycles. The predicted molar refractivity (Wildman–Crippen MR) is 69.6 cm³/mol. The van der Waals surface area contributed by atoms with Crippen molar-refractivity contribution in [2.24, 2.45) is 17.1 Å². The lowest BCUT2D eigenvalue weighted by atomic mass is 9.84. The Bertz CT molecular complexity index is 225.